The van der Waals surface area contributed by atoms with E-state index in [9.17, 15) is 19.8 Å². The summed E-state index contributed by atoms with van der Waals surface area (Å²) >= 11 is 0. The molecular weight excluding hydrogens is 458 g/mol. The molecule has 3 N–H and O–H groups in total. The van der Waals surface area contributed by atoms with Gasteiger partial charge in [0.15, 0.2) is 6.10 Å². The lowest BCUT2D eigenvalue weighted by Crippen LogP contribution is -2.43. The molecule has 0 bridgehead atoms. The van der Waals surface area contributed by atoms with Crippen LogP contribution in [0.4, 0.5) is 0 Å². The summed E-state index contributed by atoms with van der Waals surface area (Å²) in [6, 6.07) is 0. The molecular formula is C29H48NO6+. The van der Waals surface area contributed by atoms with E-state index >= 15 is 0 Å². The maximum absolute atomic E-state index is 12.0. The molecule has 0 heterocycles. The second kappa shape index (κ2) is 20.7. The minimum absolute atomic E-state index is 0.179. The first-order valence-corrected chi connectivity index (χ1v) is 12.9. The summed E-state index contributed by atoms with van der Waals surface area (Å²) in [5.41, 5.74) is 0. The Balaban J connectivity index is 3.93. The minimum Gasteiger partial charge on any atom is -0.481 e. The number of aliphatic hydroxyl groups excluding tert-OH is 2. The van der Waals surface area contributed by atoms with Crippen molar-refractivity contribution in [1.82, 2.24) is 0 Å². The Bertz CT molecular complexity index is 745. The highest BCUT2D eigenvalue weighted by Crippen LogP contribution is 2.08. The van der Waals surface area contributed by atoms with Crippen LogP contribution in [0.2, 0.25) is 0 Å². The average molecular weight is 507 g/mol. The van der Waals surface area contributed by atoms with Crippen LogP contribution in [0.15, 0.2) is 60.8 Å². The number of aliphatic hydroxyl groups is 2. The number of esters is 1. The van der Waals surface area contributed by atoms with Crippen molar-refractivity contribution in [3.63, 3.8) is 0 Å². The van der Waals surface area contributed by atoms with E-state index < -0.39 is 24.3 Å². The highest BCUT2D eigenvalue weighted by atomic mass is 16.5. The molecule has 36 heavy (non-hydrogen) atoms. The molecule has 204 valence electrons. The second-order valence-electron chi connectivity index (χ2n) is 9.80. The van der Waals surface area contributed by atoms with Crippen LogP contribution in [0.1, 0.15) is 64.7 Å². The first-order chi connectivity index (χ1) is 17.0. The molecule has 0 radical (unpaired) electrons. The number of hydrogen-bond acceptors (Lipinski definition) is 5. The van der Waals surface area contributed by atoms with E-state index in [1.807, 2.05) is 52.4 Å². The summed E-state index contributed by atoms with van der Waals surface area (Å²) in [4.78, 5) is 23.0. The van der Waals surface area contributed by atoms with Crippen molar-refractivity contribution in [2.75, 3.05) is 27.7 Å². The Morgan fingerprint density at radius 2 is 1.25 bits per heavy atom. The van der Waals surface area contributed by atoms with Gasteiger partial charge >= 0.3 is 11.9 Å². The van der Waals surface area contributed by atoms with E-state index in [0.29, 0.717) is 30.3 Å². The van der Waals surface area contributed by atoms with Crippen molar-refractivity contribution in [3.05, 3.63) is 60.8 Å². The molecule has 7 nitrogen and oxygen atoms in total. The van der Waals surface area contributed by atoms with Gasteiger partial charge in [-0.05, 0) is 44.9 Å². The van der Waals surface area contributed by atoms with Crippen LogP contribution in [-0.2, 0) is 14.3 Å². The first-order valence-electron chi connectivity index (χ1n) is 12.9. The van der Waals surface area contributed by atoms with Crippen molar-refractivity contribution in [2.45, 2.75) is 83.0 Å². The predicted octanol–water partition coefficient (Wildman–Crippen LogP) is 4.72. The van der Waals surface area contributed by atoms with Crippen molar-refractivity contribution in [1.29, 1.82) is 0 Å². The van der Waals surface area contributed by atoms with Crippen molar-refractivity contribution in [3.8, 4) is 0 Å². The fraction of sp³-hybridized carbons (Fsp3) is 0.586. The van der Waals surface area contributed by atoms with E-state index in [0.717, 1.165) is 25.7 Å². The van der Waals surface area contributed by atoms with Gasteiger partial charge in [0.05, 0.1) is 39.8 Å². The quantitative estimate of drug-likeness (QED) is 0.125. The lowest BCUT2D eigenvalue weighted by molar-refractivity contribution is -0.873. The maximum Gasteiger partial charge on any atom is 0.307 e. The molecule has 0 aliphatic rings. The van der Waals surface area contributed by atoms with Crippen LogP contribution >= 0.6 is 0 Å². The number of rotatable bonds is 20. The van der Waals surface area contributed by atoms with E-state index in [2.05, 4.69) is 36.5 Å². The molecule has 0 aromatic carbocycles. The number of ether oxygens (including phenoxy) is 1. The van der Waals surface area contributed by atoms with Gasteiger partial charge in [-0.15, -0.1) is 0 Å². The number of aliphatic carboxylic acids is 1. The predicted molar refractivity (Wildman–Crippen MR) is 145 cm³/mol. The van der Waals surface area contributed by atoms with E-state index in [1.165, 1.54) is 0 Å². The number of carbonyl (C=O) groups excluding carboxylic acids is 1. The van der Waals surface area contributed by atoms with Gasteiger partial charge < -0.3 is 24.5 Å². The Labute approximate surface area is 217 Å². The number of carboxylic acids is 1. The normalized spacial score (nSPS) is 15.5. The van der Waals surface area contributed by atoms with Gasteiger partial charge in [0.25, 0.3) is 0 Å². The molecule has 3 atom stereocenters. The average Bonchev–Trinajstić information content (AvgIpc) is 2.78. The maximum atomic E-state index is 12.0. The summed E-state index contributed by atoms with van der Waals surface area (Å²) in [5.74, 6) is -1.33. The number of hydrogen-bond donors (Lipinski definition) is 3. The number of nitrogens with zero attached hydrogens (tertiary/aromatic N) is 1. The van der Waals surface area contributed by atoms with Gasteiger partial charge in [0.1, 0.15) is 6.54 Å². The van der Waals surface area contributed by atoms with Crippen LogP contribution in [-0.4, -0.2) is 77.7 Å². The topological polar surface area (TPSA) is 104 Å². The van der Waals surface area contributed by atoms with Crippen molar-refractivity contribution in [2.24, 2.45) is 0 Å². The minimum atomic E-state index is -0.967. The molecule has 0 aromatic rings. The number of quaternary nitrogens is 1. The number of carboxylic acid groups (broad SMARTS) is 1. The van der Waals surface area contributed by atoms with Crippen LogP contribution in [0.25, 0.3) is 0 Å². The molecule has 0 saturated carbocycles. The first kappa shape index (κ1) is 33.5. The SMILES string of the molecule is CCC(O)C(O)C/C=C/C/C=C/C/C=C/C/C=C/C/C=C/CCC(=O)OC(CC(=O)O)C[N+](C)(C)C. The molecule has 3 unspecified atom stereocenters. The van der Waals surface area contributed by atoms with Crippen molar-refractivity contribution < 1.29 is 34.1 Å². The van der Waals surface area contributed by atoms with Gasteiger partial charge in [-0.1, -0.05) is 67.7 Å². The Morgan fingerprint density at radius 3 is 1.69 bits per heavy atom. The lowest BCUT2D eigenvalue weighted by atomic mass is 10.1. The second-order valence-corrected chi connectivity index (χ2v) is 9.80. The fourth-order valence-electron chi connectivity index (χ4n) is 3.26. The Kier molecular flexibility index (Phi) is 19.3. The van der Waals surface area contributed by atoms with Crippen LogP contribution in [0.5, 0.6) is 0 Å². The smallest absolute Gasteiger partial charge is 0.307 e. The summed E-state index contributed by atoms with van der Waals surface area (Å²) < 4.78 is 5.89. The summed E-state index contributed by atoms with van der Waals surface area (Å²) in [6.07, 6.45) is 23.5. The van der Waals surface area contributed by atoms with E-state index in [1.54, 1.807) is 0 Å². The molecule has 0 fully saturated rings. The molecule has 0 aliphatic heterocycles. The third kappa shape index (κ3) is 22.0. The highest BCUT2D eigenvalue weighted by molar-refractivity contribution is 5.71. The highest BCUT2D eigenvalue weighted by Gasteiger charge is 2.24. The largest absolute Gasteiger partial charge is 0.481 e. The van der Waals surface area contributed by atoms with Gasteiger partial charge in [-0.25, -0.2) is 0 Å². The Morgan fingerprint density at radius 1 is 0.778 bits per heavy atom. The molecule has 7 heteroatoms. The summed E-state index contributed by atoms with van der Waals surface area (Å²) in [5, 5.41) is 28.2. The summed E-state index contributed by atoms with van der Waals surface area (Å²) in [6.45, 7) is 2.31. The fourth-order valence-corrected chi connectivity index (χ4v) is 3.26. The van der Waals surface area contributed by atoms with Crippen LogP contribution in [0, 0.1) is 0 Å². The molecule has 0 amide bonds. The van der Waals surface area contributed by atoms with E-state index in [-0.39, 0.29) is 18.8 Å². The third-order valence-electron chi connectivity index (χ3n) is 5.13. The van der Waals surface area contributed by atoms with Gasteiger partial charge in [-0.2, -0.15) is 0 Å². The van der Waals surface area contributed by atoms with Gasteiger partial charge in [0.2, 0.25) is 0 Å². The van der Waals surface area contributed by atoms with E-state index in [4.69, 9.17) is 9.84 Å². The standard InChI is InChI=1S/C29H47NO6/c1-5-26(31)27(32)21-19-17-15-13-11-9-7-6-8-10-12-14-16-18-20-22-29(35)36-25(23-28(33)34)24-30(2,3)4/h6-7,10-13,16-19,25-27,31-32H,5,8-9,14-15,20-24H2,1-4H3/p+1/b7-6+,12-10+,13-11+,18-16+,19-17+. The van der Waals surface area contributed by atoms with Crippen LogP contribution < -0.4 is 0 Å². The number of carbonyl (C=O) groups is 2. The van der Waals surface area contributed by atoms with Crippen LogP contribution in [0.3, 0.4) is 0 Å². The third-order valence-corrected chi connectivity index (χ3v) is 5.13. The summed E-state index contributed by atoms with van der Waals surface area (Å²) in [7, 11) is 5.80. The molecule has 0 aliphatic carbocycles. The number of allylic oxidation sites excluding steroid dienone is 9. The van der Waals surface area contributed by atoms with Gasteiger partial charge in [0, 0.05) is 6.42 Å². The lowest BCUT2D eigenvalue weighted by Gasteiger charge is -2.28. The zero-order valence-electron chi connectivity index (χ0n) is 22.6. The monoisotopic (exact) mass is 506 g/mol. The number of likely N-dealkylation sites (N-methyl/N-ethyl adjacent to an activating group) is 1. The Hall–Kier alpha value is -2.48. The molecule has 0 saturated heterocycles. The molecule has 0 spiro atoms. The zero-order chi connectivity index (χ0) is 27.2. The van der Waals surface area contributed by atoms with Gasteiger partial charge in [-0.3, -0.25) is 9.59 Å². The molecule has 0 aromatic heterocycles. The van der Waals surface area contributed by atoms with Crippen molar-refractivity contribution >= 4 is 11.9 Å². The molecule has 0 rings (SSSR count). The zero-order valence-corrected chi connectivity index (χ0v) is 22.6.